The minimum atomic E-state index is -0.226. The van der Waals surface area contributed by atoms with Crippen LogP contribution in [0.4, 0.5) is 4.39 Å². The van der Waals surface area contributed by atoms with Gasteiger partial charge in [-0.1, -0.05) is 49.1 Å². The maximum absolute atomic E-state index is 14.5. The number of nitrogens with zero attached hydrogens (tertiary/aromatic N) is 1. The summed E-state index contributed by atoms with van der Waals surface area (Å²) in [7, 11) is 0. The molecule has 6 heteroatoms. The molecule has 36 heavy (non-hydrogen) atoms. The van der Waals surface area contributed by atoms with Crippen LogP contribution >= 0.6 is 12.4 Å². The molecule has 1 aromatic heterocycles. The SMILES string of the molecule is Cc1cccc(C(CC(=O)NC2CCNCC2)c2cn(CC3CCCCC3)c3ccc(F)cc23)c1.Cl. The van der Waals surface area contributed by atoms with Gasteiger partial charge in [0.05, 0.1) is 0 Å². The predicted octanol–water partition coefficient (Wildman–Crippen LogP) is 6.48. The largest absolute Gasteiger partial charge is 0.353 e. The molecule has 2 fully saturated rings. The summed E-state index contributed by atoms with van der Waals surface area (Å²) < 4.78 is 16.8. The van der Waals surface area contributed by atoms with Crippen molar-refractivity contribution in [3.63, 3.8) is 0 Å². The van der Waals surface area contributed by atoms with Crippen molar-refractivity contribution in [1.82, 2.24) is 15.2 Å². The van der Waals surface area contributed by atoms with Gasteiger partial charge in [0.2, 0.25) is 5.91 Å². The number of nitrogens with one attached hydrogen (secondary N) is 2. The minimum Gasteiger partial charge on any atom is -0.353 e. The van der Waals surface area contributed by atoms with Gasteiger partial charge in [0, 0.05) is 42.0 Å². The summed E-state index contributed by atoms with van der Waals surface area (Å²) in [6, 6.07) is 13.8. The smallest absolute Gasteiger partial charge is 0.221 e. The average Bonchev–Trinajstić information content (AvgIpc) is 3.20. The summed E-state index contributed by atoms with van der Waals surface area (Å²) in [6.07, 6.45) is 11.0. The molecule has 5 rings (SSSR count). The topological polar surface area (TPSA) is 46.1 Å². The van der Waals surface area contributed by atoms with E-state index in [-0.39, 0.29) is 36.1 Å². The second-order valence-electron chi connectivity index (χ2n) is 10.7. The molecule has 1 aliphatic carbocycles. The number of benzene rings is 2. The fraction of sp³-hybridized carbons (Fsp3) is 0.500. The van der Waals surface area contributed by atoms with Crippen LogP contribution in [-0.2, 0) is 11.3 Å². The zero-order valence-corrected chi connectivity index (χ0v) is 22.1. The Hall–Kier alpha value is -2.37. The number of aryl methyl sites for hydroxylation is 1. The fourth-order valence-electron chi connectivity index (χ4n) is 6.11. The Morgan fingerprint density at radius 1 is 1.08 bits per heavy atom. The zero-order valence-electron chi connectivity index (χ0n) is 21.3. The molecule has 1 amide bonds. The van der Waals surface area contributed by atoms with Gasteiger partial charge in [0.1, 0.15) is 5.82 Å². The lowest BCUT2D eigenvalue weighted by molar-refractivity contribution is -0.122. The number of aromatic nitrogens is 1. The maximum atomic E-state index is 14.5. The number of hydrogen-bond acceptors (Lipinski definition) is 2. The highest BCUT2D eigenvalue weighted by atomic mass is 35.5. The molecule has 2 N–H and O–H groups in total. The zero-order chi connectivity index (χ0) is 24.2. The first-order chi connectivity index (χ1) is 17.1. The van der Waals surface area contributed by atoms with Crippen LogP contribution in [0.5, 0.6) is 0 Å². The molecular weight excluding hydrogens is 473 g/mol. The number of carbonyl (C=O) groups is 1. The van der Waals surface area contributed by atoms with Gasteiger partial charge in [0.25, 0.3) is 0 Å². The Kier molecular flexibility index (Phi) is 9.08. The number of piperidine rings is 1. The van der Waals surface area contributed by atoms with E-state index in [0.29, 0.717) is 12.3 Å². The molecule has 2 aliphatic rings. The van der Waals surface area contributed by atoms with E-state index in [1.165, 1.54) is 37.7 Å². The maximum Gasteiger partial charge on any atom is 0.221 e. The molecule has 1 aliphatic heterocycles. The highest BCUT2D eigenvalue weighted by Gasteiger charge is 2.26. The molecule has 0 spiro atoms. The van der Waals surface area contributed by atoms with Crippen molar-refractivity contribution in [3.8, 4) is 0 Å². The van der Waals surface area contributed by atoms with E-state index in [1.807, 2.05) is 6.07 Å². The molecule has 4 nitrogen and oxygen atoms in total. The van der Waals surface area contributed by atoms with Crippen LogP contribution in [0.25, 0.3) is 10.9 Å². The summed E-state index contributed by atoms with van der Waals surface area (Å²) in [6.45, 7) is 4.94. The van der Waals surface area contributed by atoms with Crippen LogP contribution in [0.3, 0.4) is 0 Å². The van der Waals surface area contributed by atoms with E-state index in [2.05, 4.69) is 52.6 Å². The predicted molar refractivity (Wildman–Crippen MR) is 147 cm³/mol. The van der Waals surface area contributed by atoms with Gasteiger partial charge in [-0.05, 0) is 80.9 Å². The molecule has 194 valence electrons. The molecular formula is C30H39ClFN3O. The van der Waals surface area contributed by atoms with Crippen molar-refractivity contribution in [2.24, 2.45) is 5.92 Å². The highest BCUT2D eigenvalue weighted by Crippen LogP contribution is 2.37. The third-order valence-corrected chi connectivity index (χ3v) is 7.97. The normalized spacial score (nSPS) is 18.1. The molecule has 2 aromatic carbocycles. The molecule has 0 bridgehead atoms. The van der Waals surface area contributed by atoms with Crippen molar-refractivity contribution in [1.29, 1.82) is 0 Å². The third-order valence-electron chi connectivity index (χ3n) is 7.97. The third kappa shape index (κ3) is 6.30. The molecule has 2 heterocycles. The average molecular weight is 512 g/mol. The quantitative estimate of drug-likeness (QED) is 0.381. The number of hydrogen-bond donors (Lipinski definition) is 2. The van der Waals surface area contributed by atoms with Crippen molar-refractivity contribution in [2.75, 3.05) is 13.1 Å². The van der Waals surface area contributed by atoms with Crippen LogP contribution in [0.2, 0.25) is 0 Å². The van der Waals surface area contributed by atoms with Crippen molar-refractivity contribution in [2.45, 2.75) is 76.8 Å². The summed E-state index contributed by atoms with van der Waals surface area (Å²) in [5.74, 6) is 0.399. The number of carbonyl (C=O) groups excluding carboxylic acids is 1. The van der Waals surface area contributed by atoms with E-state index in [0.717, 1.165) is 54.5 Å². The van der Waals surface area contributed by atoms with Crippen LogP contribution < -0.4 is 10.6 Å². The minimum absolute atomic E-state index is 0. The van der Waals surface area contributed by atoms with Crippen molar-refractivity contribution < 1.29 is 9.18 Å². The number of fused-ring (bicyclic) bond motifs is 1. The first-order valence-electron chi connectivity index (χ1n) is 13.4. The van der Waals surface area contributed by atoms with Crippen molar-refractivity contribution >= 4 is 29.2 Å². The van der Waals surface area contributed by atoms with Crippen LogP contribution in [0.1, 0.15) is 74.0 Å². The second kappa shape index (κ2) is 12.2. The lowest BCUT2D eigenvalue weighted by atomic mass is 9.87. The van der Waals surface area contributed by atoms with Gasteiger partial charge in [-0.3, -0.25) is 4.79 Å². The Balaban J connectivity index is 0.00000304. The Morgan fingerprint density at radius 2 is 1.86 bits per heavy atom. The fourth-order valence-corrected chi connectivity index (χ4v) is 6.11. The second-order valence-corrected chi connectivity index (χ2v) is 10.7. The van der Waals surface area contributed by atoms with E-state index >= 15 is 0 Å². The monoisotopic (exact) mass is 511 g/mol. The van der Waals surface area contributed by atoms with Gasteiger partial charge >= 0.3 is 0 Å². The van der Waals surface area contributed by atoms with Gasteiger partial charge in [-0.25, -0.2) is 4.39 Å². The van der Waals surface area contributed by atoms with Gasteiger partial charge in [0.15, 0.2) is 0 Å². The molecule has 1 atom stereocenters. The van der Waals surface area contributed by atoms with Gasteiger partial charge in [-0.2, -0.15) is 0 Å². The summed E-state index contributed by atoms with van der Waals surface area (Å²) in [4.78, 5) is 13.3. The molecule has 1 saturated carbocycles. The van der Waals surface area contributed by atoms with E-state index < -0.39 is 0 Å². The molecule has 1 saturated heterocycles. The molecule has 3 aromatic rings. The Bertz CT molecular complexity index is 1160. The molecule has 0 radical (unpaired) electrons. The van der Waals surface area contributed by atoms with Crippen LogP contribution in [0, 0.1) is 18.7 Å². The van der Waals surface area contributed by atoms with E-state index in [4.69, 9.17) is 0 Å². The number of rotatable bonds is 7. The number of amides is 1. The van der Waals surface area contributed by atoms with Crippen molar-refractivity contribution in [3.05, 3.63) is 71.2 Å². The Morgan fingerprint density at radius 3 is 2.61 bits per heavy atom. The van der Waals surface area contributed by atoms with Crippen LogP contribution in [-0.4, -0.2) is 29.6 Å². The van der Waals surface area contributed by atoms with Crippen LogP contribution in [0.15, 0.2) is 48.7 Å². The first-order valence-corrected chi connectivity index (χ1v) is 13.4. The summed E-state index contributed by atoms with van der Waals surface area (Å²) in [5, 5.41) is 7.57. The lowest BCUT2D eigenvalue weighted by Gasteiger charge is -2.25. The Labute approximate surface area is 220 Å². The lowest BCUT2D eigenvalue weighted by Crippen LogP contribution is -2.43. The standard InChI is InChI=1S/C30H38FN3O.ClH/c1-21-6-5-9-23(16-21)26(18-30(35)33-25-12-14-32-15-13-25)28-20-34(19-22-7-3-2-4-8-22)29-11-10-24(31)17-27(28)29;/h5-6,9-11,16-17,20,22,25-26,32H,2-4,7-8,12-15,18-19H2,1H3,(H,33,35);1H. The summed E-state index contributed by atoms with van der Waals surface area (Å²) >= 11 is 0. The molecule has 1 unspecified atom stereocenters. The first kappa shape index (κ1) is 26.7. The van der Waals surface area contributed by atoms with Gasteiger partial charge in [-0.15, -0.1) is 12.4 Å². The van der Waals surface area contributed by atoms with E-state index in [9.17, 15) is 9.18 Å². The van der Waals surface area contributed by atoms with E-state index in [1.54, 1.807) is 12.1 Å². The highest BCUT2D eigenvalue weighted by molar-refractivity contribution is 5.87. The number of halogens is 2. The summed E-state index contributed by atoms with van der Waals surface area (Å²) in [5.41, 5.74) is 4.42. The van der Waals surface area contributed by atoms with Gasteiger partial charge < -0.3 is 15.2 Å².